The molecule has 0 atom stereocenters. The summed E-state index contributed by atoms with van der Waals surface area (Å²) in [7, 11) is 0. The van der Waals surface area contributed by atoms with E-state index < -0.39 is 0 Å². The maximum absolute atomic E-state index is 12.1. The molecular weight excluding hydrogens is 367 g/mol. The van der Waals surface area contributed by atoms with Gasteiger partial charge in [0.25, 0.3) is 0 Å². The van der Waals surface area contributed by atoms with Gasteiger partial charge in [-0.25, -0.2) is 0 Å². The Balaban J connectivity index is 2.07. The van der Waals surface area contributed by atoms with E-state index in [0.29, 0.717) is 11.4 Å². The SMILES string of the molecule is O=C(CCc1ccsc1)c1cc(Cl)ccc1I. The van der Waals surface area contributed by atoms with Crippen molar-refractivity contribution in [2.45, 2.75) is 12.8 Å². The molecule has 0 saturated heterocycles. The summed E-state index contributed by atoms with van der Waals surface area (Å²) >= 11 is 9.73. The monoisotopic (exact) mass is 376 g/mol. The quantitative estimate of drug-likeness (QED) is 0.552. The Hall–Kier alpha value is -0.390. The largest absolute Gasteiger partial charge is 0.294 e. The fourth-order valence-electron chi connectivity index (χ4n) is 1.54. The number of halogens is 2. The molecule has 0 aliphatic heterocycles. The predicted molar refractivity (Wildman–Crippen MR) is 81.1 cm³/mol. The molecule has 0 aliphatic rings. The first-order valence-corrected chi connectivity index (χ1v) is 7.56. The summed E-state index contributed by atoms with van der Waals surface area (Å²) in [6, 6.07) is 7.49. The van der Waals surface area contributed by atoms with Gasteiger partial charge in [-0.15, -0.1) is 0 Å². The van der Waals surface area contributed by atoms with E-state index in [2.05, 4.69) is 34.0 Å². The van der Waals surface area contributed by atoms with Gasteiger partial charge in [-0.3, -0.25) is 4.79 Å². The molecule has 2 aromatic rings. The summed E-state index contributed by atoms with van der Waals surface area (Å²) in [4.78, 5) is 12.1. The number of carbonyl (C=O) groups is 1. The first-order chi connectivity index (χ1) is 8.16. The molecule has 1 heterocycles. The number of Topliss-reactive ketones (excluding diaryl/α,β-unsaturated/α-hetero) is 1. The molecule has 0 unspecified atom stereocenters. The van der Waals surface area contributed by atoms with E-state index in [-0.39, 0.29) is 5.78 Å². The fourth-order valence-corrected chi connectivity index (χ4v) is 3.05. The van der Waals surface area contributed by atoms with E-state index in [0.717, 1.165) is 15.6 Å². The number of hydrogen-bond acceptors (Lipinski definition) is 2. The average molecular weight is 377 g/mol. The summed E-state index contributed by atoms with van der Waals surface area (Å²) in [6.07, 6.45) is 1.33. The zero-order valence-electron chi connectivity index (χ0n) is 8.95. The minimum atomic E-state index is 0.156. The van der Waals surface area contributed by atoms with Crippen LogP contribution in [0.5, 0.6) is 0 Å². The number of aryl methyl sites for hydroxylation is 1. The van der Waals surface area contributed by atoms with Crippen LogP contribution in [-0.2, 0) is 6.42 Å². The number of thiophene rings is 1. The molecule has 2 rings (SSSR count). The molecule has 17 heavy (non-hydrogen) atoms. The second-order valence-electron chi connectivity index (χ2n) is 3.68. The first-order valence-electron chi connectivity index (χ1n) is 5.16. The van der Waals surface area contributed by atoms with Crippen molar-refractivity contribution in [1.82, 2.24) is 0 Å². The second-order valence-corrected chi connectivity index (χ2v) is 6.06. The topological polar surface area (TPSA) is 17.1 Å². The van der Waals surface area contributed by atoms with Gasteiger partial charge in [-0.2, -0.15) is 11.3 Å². The van der Waals surface area contributed by atoms with Crippen molar-refractivity contribution >= 4 is 51.3 Å². The zero-order chi connectivity index (χ0) is 12.3. The van der Waals surface area contributed by atoms with E-state index in [4.69, 9.17) is 11.6 Å². The van der Waals surface area contributed by atoms with E-state index in [1.165, 1.54) is 5.56 Å². The lowest BCUT2D eigenvalue weighted by molar-refractivity contribution is 0.0982. The van der Waals surface area contributed by atoms with Gasteiger partial charge in [0.05, 0.1) is 0 Å². The van der Waals surface area contributed by atoms with Crippen LogP contribution in [0.2, 0.25) is 5.02 Å². The van der Waals surface area contributed by atoms with E-state index in [1.807, 2.05) is 11.4 Å². The van der Waals surface area contributed by atoms with Gasteiger partial charge < -0.3 is 0 Å². The lowest BCUT2D eigenvalue weighted by Crippen LogP contribution is -2.03. The van der Waals surface area contributed by atoms with Crippen LogP contribution in [0.4, 0.5) is 0 Å². The third kappa shape index (κ3) is 3.53. The lowest BCUT2D eigenvalue weighted by atomic mass is 10.0. The van der Waals surface area contributed by atoms with Crippen molar-refractivity contribution < 1.29 is 4.79 Å². The molecule has 0 saturated carbocycles. The van der Waals surface area contributed by atoms with Crippen LogP contribution in [0, 0.1) is 3.57 Å². The van der Waals surface area contributed by atoms with Crippen molar-refractivity contribution in [3.05, 3.63) is 54.7 Å². The first kappa shape index (κ1) is 13.1. The minimum Gasteiger partial charge on any atom is -0.294 e. The lowest BCUT2D eigenvalue weighted by Gasteiger charge is -2.04. The minimum absolute atomic E-state index is 0.156. The molecular formula is C13H10ClIOS. The van der Waals surface area contributed by atoms with Crippen LogP contribution in [0.25, 0.3) is 0 Å². The van der Waals surface area contributed by atoms with Crippen LogP contribution in [0.15, 0.2) is 35.0 Å². The summed E-state index contributed by atoms with van der Waals surface area (Å²) in [6.45, 7) is 0. The number of carbonyl (C=O) groups excluding carboxylic acids is 1. The predicted octanol–water partition coefficient (Wildman–Crippen LogP) is 4.82. The highest BCUT2D eigenvalue weighted by molar-refractivity contribution is 14.1. The van der Waals surface area contributed by atoms with Gasteiger partial charge >= 0.3 is 0 Å². The molecule has 4 heteroatoms. The summed E-state index contributed by atoms with van der Waals surface area (Å²) in [5, 5.41) is 4.73. The van der Waals surface area contributed by atoms with Gasteiger partial charge in [0.1, 0.15) is 0 Å². The highest BCUT2D eigenvalue weighted by atomic mass is 127. The van der Waals surface area contributed by atoms with E-state index in [1.54, 1.807) is 23.5 Å². The number of ketones is 1. The van der Waals surface area contributed by atoms with E-state index in [9.17, 15) is 4.79 Å². The van der Waals surface area contributed by atoms with E-state index >= 15 is 0 Å². The zero-order valence-corrected chi connectivity index (χ0v) is 12.7. The Morgan fingerprint density at radius 1 is 1.35 bits per heavy atom. The van der Waals surface area contributed by atoms with Gasteiger partial charge in [0.2, 0.25) is 0 Å². The molecule has 0 aliphatic carbocycles. The highest BCUT2D eigenvalue weighted by Gasteiger charge is 2.10. The Morgan fingerprint density at radius 2 is 2.18 bits per heavy atom. The van der Waals surface area contributed by atoms with Crippen molar-refractivity contribution in [1.29, 1.82) is 0 Å². The number of rotatable bonds is 4. The van der Waals surface area contributed by atoms with Crippen LogP contribution >= 0.6 is 45.5 Å². The van der Waals surface area contributed by atoms with Crippen molar-refractivity contribution in [3.8, 4) is 0 Å². The van der Waals surface area contributed by atoms with Gasteiger partial charge in [-0.05, 0) is 69.6 Å². The highest BCUT2D eigenvalue weighted by Crippen LogP contribution is 2.20. The van der Waals surface area contributed by atoms with Crippen molar-refractivity contribution in [2.75, 3.05) is 0 Å². The average Bonchev–Trinajstić information content (AvgIpc) is 2.82. The Morgan fingerprint density at radius 3 is 2.88 bits per heavy atom. The third-order valence-corrected chi connectivity index (χ3v) is 4.36. The molecule has 0 radical (unpaired) electrons. The Kier molecular flexibility index (Phi) is 4.59. The van der Waals surface area contributed by atoms with Crippen LogP contribution in [-0.4, -0.2) is 5.78 Å². The fraction of sp³-hybridized carbons (Fsp3) is 0.154. The number of hydrogen-bond donors (Lipinski definition) is 0. The molecule has 0 fully saturated rings. The third-order valence-electron chi connectivity index (χ3n) is 2.45. The smallest absolute Gasteiger partial charge is 0.164 e. The Labute approximate surface area is 123 Å². The van der Waals surface area contributed by atoms with Gasteiger partial charge in [0.15, 0.2) is 5.78 Å². The summed E-state index contributed by atoms with van der Waals surface area (Å²) in [5.41, 5.74) is 1.95. The Bertz CT molecular complexity index is 522. The molecule has 88 valence electrons. The molecule has 0 amide bonds. The molecule has 1 aromatic carbocycles. The van der Waals surface area contributed by atoms with Crippen LogP contribution in [0.3, 0.4) is 0 Å². The van der Waals surface area contributed by atoms with Gasteiger partial charge in [0, 0.05) is 20.6 Å². The second kappa shape index (κ2) is 5.98. The molecule has 1 nitrogen and oxygen atoms in total. The number of benzene rings is 1. The molecule has 0 spiro atoms. The summed E-state index contributed by atoms with van der Waals surface area (Å²) in [5.74, 6) is 0.156. The molecule has 1 aromatic heterocycles. The van der Waals surface area contributed by atoms with Crippen molar-refractivity contribution in [3.63, 3.8) is 0 Å². The van der Waals surface area contributed by atoms with Crippen LogP contribution in [0.1, 0.15) is 22.3 Å². The molecule has 0 bridgehead atoms. The standard InChI is InChI=1S/C13H10ClIOS/c14-10-2-3-12(15)11(7-10)13(16)4-1-9-5-6-17-8-9/h2-3,5-8H,1,4H2. The van der Waals surface area contributed by atoms with Crippen molar-refractivity contribution in [2.24, 2.45) is 0 Å². The molecule has 0 N–H and O–H groups in total. The van der Waals surface area contributed by atoms with Gasteiger partial charge in [-0.1, -0.05) is 11.6 Å². The summed E-state index contributed by atoms with van der Waals surface area (Å²) < 4.78 is 0.960. The van der Waals surface area contributed by atoms with Crippen LogP contribution < -0.4 is 0 Å². The maximum Gasteiger partial charge on any atom is 0.164 e. The maximum atomic E-state index is 12.1. The normalized spacial score (nSPS) is 10.5.